The van der Waals surface area contributed by atoms with Gasteiger partial charge in [0.1, 0.15) is 5.82 Å². The van der Waals surface area contributed by atoms with E-state index in [0.717, 1.165) is 5.56 Å². The van der Waals surface area contributed by atoms with Crippen LogP contribution in [0.5, 0.6) is 0 Å². The fourth-order valence-electron chi connectivity index (χ4n) is 2.11. The average Bonchev–Trinajstić information content (AvgIpc) is 2.61. The second-order valence-electron chi connectivity index (χ2n) is 5.69. The van der Waals surface area contributed by atoms with E-state index >= 15 is 0 Å². The monoisotopic (exact) mass is 358 g/mol. The zero-order valence-corrected chi connectivity index (χ0v) is 14.5. The van der Waals surface area contributed by atoms with Gasteiger partial charge < -0.3 is 15.4 Å². The molecule has 2 aromatic carbocycles. The van der Waals surface area contributed by atoms with Crippen LogP contribution < -0.4 is 10.6 Å². The van der Waals surface area contributed by atoms with E-state index in [2.05, 4.69) is 10.6 Å². The number of esters is 1. The van der Waals surface area contributed by atoms with Gasteiger partial charge in [-0.2, -0.15) is 0 Å². The van der Waals surface area contributed by atoms with Crippen LogP contribution in [0.3, 0.4) is 0 Å². The smallest absolute Gasteiger partial charge is 0.338 e. The number of amides is 2. The number of carbonyl (C=O) groups excluding carboxylic acids is 3. The van der Waals surface area contributed by atoms with Crippen molar-refractivity contribution >= 4 is 23.5 Å². The number of ether oxygens (including phenoxy) is 1. The molecule has 0 aliphatic rings. The van der Waals surface area contributed by atoms with Crippen molar-refractivity contribution in [1.82, 2.24) is 5.32 Å². The van der Waals surface area contributed by atoms with E-state index in [4.69, 9.17) is 4.74 Å². The van der Waals surface area contributed by atoms with Crippen LogP contribution in [0.15, 0.2) is 42.5 Å². The number of hydrogen-bond acceptors (Lipinski definition) is 4. The lowest BCUT2D eigenvalue weighted by Gasteiger charge is -2.09. The van der Waals surface area contributed by atoms with E-state index in [0.29, 0.717) is 17.8 Å². The highest BCUT2D eigenvalue weighted by atomic mass is 19.1. The van der Waals surface area contributed by atoms with Crippen molar-refractivity contribution in [3.63, 3.8) is 0 Å². The number of anilines is 1. The first-order valence-electron chi connectivity index (χ1n) is 7.91. The fraction of sp³-hybridized carbons (Fsp3) is 0.211. The summed E-state index contributed by atoms with van der Waals surface area (Å²) in [6.07, 6.45) is 0. The molecule has 0 spiro atoms. The second-order valence-corrected chi connectivity index (χ2v) is 5.69. The van der Waals surface area contributed by atoms with Crippen molar-refractivity contribution in [3.8, 4) is 0 Å². The SMILES string of the molecule is CC(=O)NCc1ccc(C(=O)OCC(=O)Nc2cc(F)ccc2C)cc1. The molecule has 0 saturated heterocycles. The molecule has 7 heteroatoms. The van der Waals surface area contributed by atoms with Gasteiger partial charge in [0.25, 0.3) is 5.91 Å². The molecule has 2 amide bonds. The molecular formula is C19H19FN2O4. The van der Waals surface area contributed by atoms with Gasteiger partial charge in [-0.3, -0.25) is 9.59 Å². The van der Waals surface area contributed by atoms with Gasteiger partial charge in [0.05, 0.1) is 5.56 Å². The Hall–Kier alpha value is -3.22. The maximum atomic E-state index is 13.2. The van der Waals surface area contributed by atoms with Gasteiger partial charge in [-0.05, 0) is 42.3 Å². The van der Waals surface area contributed by atoms with E-state index in [-0.39, 0.29) is 11.5 Å². The summed E-state index contributed by atoms with van der Waals surface area (Å²) in [6.45, 7) is 3.02. The summed E-state index contributed by atoms with van der Waals surface area (Å²) in [5.74, 6) is -1.83. The lowest BCUT2D eigenvalue weighted by molar-refractivity contribution is -0.119. The maximum absolute atomic E-state index is 13.2. The summed E-state index contributed by atoms with van der Waals surface area (Å²) >= 11 is 0. The van der Waals surface area contributed by atoms with E-state index < -0.39 is 24.3 Å². The topological polar surface area (TPSA) is 84.5 Å². The molecule has 0 bridgehead atoms. The molecule has 136 valence electrons. The van der Waals surface area contributed by atoms with Crippen molar-refractivity contribution in [2.45, 2.75) is 20.4 Å². The van der Waals surface area contributed by atoms with E-state index in [1.54, 1.807) is 37.3 Å². The molecule has 0 saturated carbocycles. The minimum Gasteiger partial charge on any atom is -0.452 e. The zero-order chi connectivity index (χ0) is 19.1. The van der Waals surface area contributed by atoms with Crippen LogP contribution in [0.4, 0.5) is 10.1 Å². The van der Waals surface area contributed by atoms with Gasteiger partial charge in [0, 0.05) is 19.2 Å². The average molecular weight is 358 g/mol. The molecule has 2 aromatic rings. The minimum atomic E-state index is -0.651. The lowest BCUT2D eigenvalue weighted by atomic mass is 10.1. The first kappa shape index (κ1) is 19.1. The predicted molar refractivity (Wildman–Crippen MR) is 94.0 cm³/mol. The Morgan fingerprint density at radius 3 is 2.42 bits per heavy atom. The highest BCUT2D eigenvalue weighted by molar-refractivity contribution is 5.95. The second kappa shape index (κ2) is 8.75. The highest BCUT2D eigenvalue weighted by Crippen LogP contribution is 2.15. The Bertz CT molecular complexity index is 819. The Morgan fingerprint density at radius 2 is 1.77 bits per heavy atom. The van der Waals surface area contributed by atoms with Crippen molar-refractivity contribution in [2.75, 3.05) is 11.9 Å². The maximum Gasteiger partial charge on any atom is 0.338 e. The fourth-order valence-corrected chi connectivity index (χ4v) is 2.11. The van der Waals surface area contributed by atoms with Crippen LogP contribution >= 0.6 is 0 Å². The Balaban J connectivity index is 1.86. The van der Waals surface area contributed by atoms with Gasteiger partial charge in [0.15, 0.2) is 6.61 Å². The van der Waals surface area contributed by atoms with E-state index in [1.807, 2.05) is 0 Å². The van der Waals surface area contributed by atoms with Gasteiger partial charge in [-0.1, -0.05) is 18.2 Å². The third-order valence-corrected chi connectivity index (χ3v) is 3.54. The van der Waals surface area contributed by atoms with Crippen molar-refractivity contribution in [3.05, 3.63) is 65.0 Å². The number of carbonyl (C=O) groups is 3. The summed E-state index contributed by atoms with van der Waals surface area (Å²) in [6, 6.07) is 10.5. The number of rotatable bonds is 6. The normalized spacial score (nSPS) is 10.1. The number of benzene rings is 2. The van der Waals surface area contributed by atoms with Crippen LogP contribution in [0.1, 0.15) is 28.4 Å². The standard InChI is InChI=1S/C19H19FN2O4/c1-12-3-8-16(20)9-17(12)22-18(24)11-26-19(25)15-6-4-14(5-7-15)10-21-13(2)23/h3-9H,10-11H2,1-2H3,(H,21,23)(H,22,24). The Morgan fingerprint density at radius 1 is 1.08 bits per heavy atom. The first-order valence-corrected chi connectivity index (χ1v) is 7.91. The highest BCUT2D eigenvalue weighted by Gasteiger charge is 2.11. The van der Waals surface area contributed by atoms with Gasteiger partial charge >= 0.3 is 5.97 Å². The zero-order valence-electron chi connectivity index (χ0n) is 14.5. The molecule has 0 aliphatic carbocycles. The molecule has 0 aliphatic heterocycles. The summed E-state index contributed by atoms with van der Waals surface area (Å²) in [7, 11) is 0. The molecule has 0 fully saturated rings. The molecule has 26 heavy (non-hydrogen) atoms. The third kappa shape index (κ3) is 5.70. The van der Waals surface area contributed by atoms with Crippen molar-refractivity contribution in [2.24, 2.45) is 0 Å². The molecule has 0 aromatic heterocycles. The first-order chi connectivity index (χ1) is 12.3. The lowest BCUT2D eigenvalue weighted by Crippen LogP contribution is -2.21. The summed E-state index contributed by atoms with van der Waals surface area (Å²) in [5.41, 5.74) is 2.14. The largest absolute Gasteiger partial charge is 0.452 e. The molecule has 2 rings (SSSR count). The van der Waals surface area contributed by atoms with Crippen molar-refractivity contribution in [1.29, 1.82) is 0 Å². The molecular weight excluding hydrogens is 339 g/mol. The molecule has 0 atom stereocenters. The van der Waals surface area contributed by atoms with Gasteiger partial charge in [0.2, 0.25) is 5.91 Å². The van der Waals surface area contributed by atoms with Crippen LogP contribution in [0, 0.1) is 12.7 Å². The van der Waals surface area contributed by atoms with Crippen LogP contribution in [-0.2, 0) is 20.9 Å². The van der Waals surface area contributed by atoms with E-state index in [1.165, 1.54) is 19.1 Å². The third-order valence-electron chi connectivity index (χ3n) is 3.54. The number of nitrogens with one attached hydrogen (secondary N) is 2. The predicted octanol–water partition coefficient (Wildman–Crippen LogP) is 2.57. The van der Waals surface area contributed by atoms with Gasteiger partial charge in [-0.15, -0.1) is 0 Å². The minimum absolute atomic E-state index is 0.145. The number of halogens is 1. The summed E-state index contributed by atoms with van der Waals surface area (Å²) < 4.78 is 18.2. The van der Waals surface area contributed by atoms with Crippen LogP contribution in [0.2, 0.25) is 0 Å². The van der Waals surface area contributed by atoms with E-state index in [9.17, 15) is 18.8 Å². The molecule has 6 nitrogen and oxygen atoms in total. The van der Waals surface area contributed by atoms with Crippen molar-refractivity contribution < 1.29 is 23.5 Å². The number of hydrogen-bond donors (Lipinski definition) is 2. The Kier molecular flexibility index (Phi) is 6.43. The summed E-state index contributed by atoms with van der Waals surface area (Å²) in [5, 5.41) is 5.15. The molecule has 2 N–H and O–H groups in total. The summed E-state index contributed by atoms with van der Waals surface area (Å²) in [4.78, 5) is 34.7. The molecule has 0 radical (unpaired) electrons. The van der Waals surface area contributed by atoms with Crippen LogP contribution in [0.25, 0.3) is 0 Å². The quantitative estimate of drug-likeness (QED) is 0.778. The Labute approximate surface area is 150 Å². The molecule has 0 unspecified atom stereocenters. The molecule has 0 heterocycles. The van der Waals surface area contributed by atoms with Gasteiger partial charge in [-0.25, -0.2) is 9.18 Å². The number of aryl methyl sites for hydroxylation is 1. The van der Waals surface area contributed by atoms with Crippen LogP contribution in [-0.4, -0.2) is 24.4 Å².